The van der Waals surface area contributed by atoms with Crippen LogP contribution in [0.5, 0.6) is 0 Å². The Bertz CT molecular complexity index is 231. The second-order valence-corrected chi connectivity index (χ2v) is 1.97. The third-order valence-corrected chi connectivity index (χ3v) is 1.23. The maximum Gasteiger partial charge on any atom is 0.222 e. The molecule has 0 atom stereocenters. The first-order chi connectivity index (χ1) is 5.25. The molecule has 0 aromatic carbocycles. The van der Waals surface area contributed by atoms with E-state index in [9.17, 15) is 8.78 Å². The summed E-state index contributed by atoms with van der Waals surface area (Å²) in [6.45, 7) is 0.182. The van der Waals surface area contributed by atoms with Gasteiger partial charge in [0, 0.05) is 0 Å². The van der Waals surface area contributed by atoms with Crippen LogP contribution in [0.15, 0.2) is 6.33 Å². The Labute approximate surface area is 62.3 Å². The zero-order valence-electron chi connectivity index (χ0n) is 5.72. The van der Waals surface area contributed by atoms with Gasteiger partial charge in [-0.15, -0.1) is 0 Å². The Morgan fingerprint density at radius 1 is 1.27 bits per heavy atom. The lowest BCUT2D eigenvalue weighted by Gasteiger charge is -1.98. The van der Waals surface area contributed by atoms with Crippen molar-refractivity contribution in [3.05, 3.63) is 23.8 Å². The summed E-state index contributed by atoms with van der Waals surface area (Å²) in [5.41, 5.74) is 4.97. The Morgan fingerprint density at radius 2 is 1.82 bits per heavy atom. The molecule has 0 spiro atoms. The molecule has 2 N–H and O–H groups in total. The normalized spacial score (nSPS) is 10.1. The van der Waals surface area contributed by atoms with Crippen molar-refractivity contribution in [2.24, 2.45) is 5.73 Å². The maximum atomic E-state index is 12.6. The highest BCUT2D eigenvalue weighted by atomic mass is 19.1. The largest absolute Gasteiger partial charge is 0.330 e. The molecule has 0 radical (unpaired) electrons. The molecule has 1 heterocycles. The van der Waals surface area contributed by atoms with Crippen molar-refractivity contribution in [2.45, 2.75) is 6.42 Å². The first-order valence-corrected chi connectivity index (χ1v) is 3.10. The molecule has 1 aromatic rings. The van der Waals surface area contributed by atoms with Gasteiger partial charge < -0.3 is 5.73 Å². The molecule has 3 nitrogen and oxygen atoms in total. The molecule has 0 saturated heterocycles. The fourth-order valence-electron chi connectivity index (χ4n) is 0.722. The zero-order valence-corrected chi connectivity index (χ0v) is 5.72. The van der Waals surface area contributed by atoms with Crippen molar-refractivity contribution in [3.8, 4) is 0 Å². The molecule has 0 amide bonds. The van der Waals surface area contributed by atoms with Crippen molar-refractivity contribution >= 4 is 0 Å². The quantitative estimate of drug-likeness (QED) is 0.629. The molecule has 11 heavy (non-hydrogen) atoms. The third kappa shape index (κ3) is 1.68. The molecule has 1 rings (SSSR count). The lowest BCUT2D eigenvalue weighted by atomic mass is 10.2. The number of hydrogen-bond acceptors (Lipinski definition) is 3. The Kier molecular flexibility index (Phi) is 2.43. The first-order valence-electron chi connectivity index (χ1n) is 3.10. The van der Waals surface area contributed by atoms with Crippen molar-refractivity contribution in [3.63, 3.8) is 0 Å². The molecular formula is C6H7F2N3. The third-order valence-electron chi connectivity index (χ3n) is 1.23. The van der Waals surface area contributed by atoms with Crippen LogP contribution in [-0.2, 0) is 6.42 Å². The SMILES string of the molecule is NCCc1c(F)ncnc1F. The average Bonchev–Trinajstić information content (AvgIpc) is 1.97. The van der Waals surface area contributed by atoms with Crippen LogP contribution in [0, 0.1) is 11.9 Å². The fourth-order valence-corrected chi connectivity index (χ4v) is 0.722. The Morgan fingerprint density at radius 3 is 2.27 bits per heavy atom. The molecule has 0 aliphatic rings. The van der Waals surface area contributed by atoms with E-state index >= 15 is 0 Å². The number of halogens is 2. The van der Waals surface area contributed by atoms with E-state index in [2.05, 4.69) is 9.97 Å². The van der Waals surface area contributed by atoms with E-state index < -0.39 is 11.9 Å². The van der Waals surface area contributed by atoms with Crippen molar-refractivity contribution in [1.29, 1.82) is 0 Å². The standard InChI is InChI=1S/C6H7F2N3/c7-5-4(1-2-9)6(8)11-3-10-5/h3H,1-2,9H2. The summed E-state index contributed by atoms with van der Waals surface area (Å²) in [6.07, 6.45) is 0.961. The second kappa shape index (κ2) is 3.34. The molecule has 60 valence electrons. The smallest absolute Gasteiger partial charge is 0.222 e. The van der Waals surface area contributed by atoms with Gasteiger partial charge in [0.2, 0.25) is 11.9 Å². The molecule has 0 bridgehead atoms. The predicted molar refractivity (Wildman–Crippen MR) is 34.7 cm³/mol. The second-order valence-electron chi connectivity index (χ2n) is 1.97. The number of aromatic nitrogens is 2. The Balaban J connectivity index is 3.00. The average molecular weight is 159 g/mol. The minimum absolute atomic E-state index is 0.124. The molecule has 0 fully saturated rings. The van der Waals surface area contributed by atoms with E-state index in [4.69, 9.17) is 5.73 Å². The van der Waals surface area contributed by atoms with Crippen LogP contribution in [0.3, 0.4) is 0 Å². The van der Waals surface area contributed by atoms with Crippen molar-refractivity contribution in [1.82, 2.24) is 9.97 Å². The number of nitrogens with zero attached hydrogens (tertiary/aromatic N) is 2. The topological polar surface area (TPSA) is 51.8 Å². The summed E-state index contributed by atoms with van der Waals surface area (Å²) < 4.78 is 25.2. The molecule has 0 aliphatic carbocycles. The van der Waals surface area contributed by atoms with Crippen LogP contribution >= 0.6 is 0 Å². The molecule has 0 aliphatic heterocycles. The van der Waals surface area contributed by atoms with Gasteiger partial charge in [0.25, 0.3) is 0 Å². The van der Waals surface area contributed by atoms with Gasteiger partial charge in [-0.3, -0.25) is 0 Å². The Hall–Kier alpha value is -1.10. The number of rotatable bonds is 2. The molecule has 5 heteroatoms. The van der Waals surface area contributed by atoms with E-state index in [0.29, 0.717) is 0 Å². The monoisotopic (exact) mass is 159 g/mol. The van der Waals surface area contributed by atoms with Gasteiger partial charge in [-0.25, -0.2) is 9.97 Å². The highest BCUT2D eigenvalue weighted by Gasteiger charge is 2.08. The number of hydrogen-bond donors (Lipinski definition) is 1. The summed E-state index contributed by atoms with van der Waals surface area (Å²) in [5, 5.41) is 0. The van der Waals surface area contributed by atoms with E-state index in [0.717, 1.165) is 6.33 Å². The van der Waals surface area contributed by atoms with Crippen LogP contribution in [0.4, 0.5) is 8.78 Å². The molecular weight excluding hydrogens is 152 g/mol. The van der Waals surface area contributed by atoms with Gasteiger partial charge in [-0.2, -0.15) is 8.78 Å². The summed E-state index contributed by atoms with van der Waals surface area (Å²) in [4.78, 5) is 6.37. The summed E-state index contributed by atoms with van der Waals surface area (Å²) >= 11 is 0. The number of nitrogens with two attached hydrogens (primary N) is 1. The van der Waals surface area contributed by atoms with Crippen LogP contribution < -0.4 is 5.73 Å². The summed E-state index contributed by atoms with van der Waals surface area (Å²) in [5.74, 6) is -1.66. The van der Waals surface area contributed by atoms with Gasteiger partial charge >= 0.3 is 0 Å². The first kappa shape index (κ1) is 8.00. The van der Waals surface area contributed by atoms with Crippen LogP contribution in [0.1, 0.15) is 5.56 Å². The van der Waals surface area contributed by atoms with E-state index in [1.165, 1.54) is 0 Å². The lowest BCUT2D eigenvalue weighted by Crippen LogP contribution is -2.08. The molecule has 0 unspecified atom stereocenters. The highest BCUT2D eigenvalue weighted by Crippen LogP contribution is 2.06. The van der Waals surface area contributed by atoms with E-state index in [1.807, 2.05) is 0 Å². The van der Waals surface area contributed by atoms with Gasteiger partial charge in [-0.1, -0.05) is 0 Å². The van der Waals surface area contributed by atoms with Gasteiger partial charge in [0.15, 0.2) is 0 Å². The summed E-state index contributed by atoms with van der Waals surface area (Å²) in [6, 6.07) is 0. The molecule has 1 aromatic heterocycles. The minimum Gasteiger partial charge on any atom is -0.330 e. The van der Waals surface area contributed by atoms with Crippen LogP contribution in [-0.4, -0.2) is 16.5 Å². The minimum atomic E-state index is -0.831. The van der Waals surface area contributed by atoms with Gasteiger partial charge in [0.05, 0.1) is 5.56 Å². The highest BCUT2D eigenvalue weighted by molar-refractivity contribution is 5.07. The van der Waals surface area contributed by atoms with Crippen LogP contribution in [0.25, 0.3) is 0 Å². The fraction of sp³-hybridized carbons (Fsp3) is 0.333. The van der Waals surface area contributed by atoms with Gasteiger partial charge in [0.1, 0.15) is 6.33 Å². The van der Waals surface area contributed by atoms with E-state index in [-0.39, 0.29) is 18.5 Å². The zero-order chi connectivity index (χ0) is 8.27. The lowest BCUT2D eigenvalue weighted by molar-refractivity contribution is 0.499. The van der Waals surface area contributed by atoms with Crippen molar-refractivity contribution in [2.75, 3.05) is 6.54 Å². The van der Waals surface area contributed by atoms with Crippen LogP contribution in [0.2, 0.25) is 0 Å². The van der Waals surface area contributed by atoms with Gasteiger partial charge in [-0.05, 0) is 13.0 Å². The molecule has 0 saturated carbocycles. The predicted octanol–water partition coefficient (Wildman–Crippen LogP) is 0.256. The van der Waals surface area contributed by atoms with Crippen molar-refractivity contribution < 1.29 is 8.78 Å². The maximum absolute atomic E-state index is 12.6. The van der Waals surface area contributed by atoms with E-state index in [1.54, 1.807) is 0 Å². The summed E-state index contributed by atoms with van der Waals surface area (Å²) in [7, 11) is 0.